The Bertz CT molecular complexity index is 691. The summed E-state index contributed by atoms with van der Waals surface area (Å²) in [5.41, 5.74) is 0.260. The van der Waals surface area contributed by atoms with Crippen LogP contribution in [-0.2, 0) is 15.3 Å². The Labute approximate surface area is 155 Å². The van der Waals surface area contributed by atoms with E-state index >= 15 is 0 Å². The molecule has 27 heavy (non-hydrogen) atoms. The highest BCUT2D eigenvalue weighted by Crippen LogP contribution is 2.44. The third-order valence-corrected chi connectivity index (χ3v) is 4.86. The van der Waals surface area contributed by atoms with Gasteiger partial charge in [0.05, 0.1) is 17.7 Å². The van der Waals surface area contributed by atoms with Crippen molar-refractivity contribution < 1.29 is 44.5 Å². The molecule has 1 unspecified atom stereocenters. The lowest BCUT2D eigenvalue weighted by atomic mass is 9.96. The zero-order chi connectivity index (χ0) is 19.8. The molecule has 0 amide bonds. The molecule has 6 atom stereocenters. The molecule has 0 spiro atoms. The van der Waals surface area contributed by atoms with Crippen LogP contribution in [0.5, 0.6) is 5.75 Å². The first-order valence-electron chi connectivity index (χ1n) is 8.88. The number of esters is 1. The topological polar surface area (TPSA) is 146 Å². The second-order valence-electron chi connectivity index (χ2n) is 6.77. The van der Waals surface area contributed by atoms with Crippen molar-refractivity contribution in [3.63, 3.8) is 0 Å². The average Bonchev–Trinajstić information content (AvgIpc) is 2.92. The zero-order valence-electron chi connectivity index (χ0n) is 14.8. The monoisotopic (exact) mass is 384 g/mol. The van der Waals surface area contributed by atoms with Crippen LogP contribution in [-0.4, -0.2) is 68.8 Å². The Kier molecular flexibility index (Phi) is 5.71. The van der Waals surface area contributed by atoms with E-state index in [2.05, 4.69) is 0 Å². The molecule has 9 heteroatoms. The van der Waals surface area contributed by atoms with Crippen molar-refractivity contribution in [3.05, 3.63) is 29.3 Å². The number of unbranched alkanes of at least 4 members (excludes halogenated alkanes) is 1. The molecule has 0 aromatic heterocycles. The van der Waals surface area contributed by atoms with Gasteiger partial charge >= 0.3 is 5.97 Å². The van der Waals surface area contributed by atoms with Gasteiger partial charge in [-0.25, -0.2) is 4.79 Å². The highest BCUT2D eigenvalue weighted by atomic mass is 16.7. The molecule has 0 aliphatic carbocycles. The number of carbonyl (C=O) groups excluding carboxylic acids is 1. The van der Waals surface area contributed by atoms with Gasteiger partial charge in [-0.1, -0.05) is 19.4 Å². The van der Waals surface area contributed by atoms with Crippen molar-refractivity contribution in [2.24, 2.45) is 0 Å². The molecule has 1 fully saturated rings. The number of cyclic esters (lactones) is 1. The lowest BCUT2D eigenvalue weighted by Gasteiger charge is -2.40. The van der Waals surface area contributed by atoms with Crippen molar-refractivity contribution in [1.29, 1.82) is 0 Å². The predicted molar refractivity (Wildman–Crippen MR) is 89.7 cm³/mol. The van der Waals surface area contributed by atoms with Crippen molar-refractivity contribution >= 4 is 5.97 Å². The van der Waals surface area contributed by atoms with Gasteiger partial charge in [-0.2, -0.15) is 0 Å². The number of ether oxygens (including phenoxy) is 3. The number of carbonyl (C=O) groups is 1. The Hall–Kier alpha value is -1.75. The number of hydrogen-bond acceptors (Lipinski definition) is 9. The second-order valence-corrected chi connectivity index (χ2v) is 6.77. The normalized spacial score (nSPS) is 35.6. The summed E-state index contributed by atoms with van der Waals surface area (Å²) in [5.74, 6) is -2.52. The summed E-state index contributed by atoms with van der Waals surface area (Å²) >= 11 is 0. The van der Waals surface area contributed by atoms with Crippen LogP contribution in [0, 0.1) is 0 Å². The molecular formula is C18H24O9. The van der Waals surface area contributed by atoms with E-state index in [0.29, 0.717) is 6.42 Å². The van der Waals surface area contributed by atoms with Crippen LogP contribution < -0.4 is 4.74 Å². The van der Waals surface area contributed by atoms with Gasteiger partial charge in [-0.05, 0) is 18.6 Å². The van der Waals surface area contributed by atoms with Crippen LogP contribution in [0.2, 0.25) is 0 Å². The number of rotatable bonds is 6. The average molecular weight is 384 g/mol. The Morgan fingerprint density at radius 2 is 1.93 bits per heavy atom. The van der Waals surface area contributed by atoms with Gasteiger partial charge in [0.2, 0.25) is 12.1 Å². The Morgan fingerprint density at radius 3 is 2.59 bits per heavy atom. The van der Waals surface area contributed by atoms with E-state index in [4.69, 9.17) is 14.2 Å². The standard InChI is InChI=1S/C18H24O9/c1-2-3-7-18(24)12-9(16(23)27-18)5-4-6-10(12)25-17-15(22)14(21)13(20)11(8-19)26-17/h4-6,11,13-15,17,19-22,24H,2-3,7-8H2,1H3/t11-,13-,14+,15-,17-,18?/m1/s1. The molecule has 2 aliphatic rings. The summed E-state index contributed by atoms with van der Waals surface area (Å²) < 4.78 is 16.1. The van der Waals surface area contributed by atoms with Gasteiger partial charge in [-0.3, -0.25) is 0 Å². The number of fused-ring (bicyclic) bond motifs is 1. The van der Waals surface area contributed by atoms with Crippen LogP contribution in [0.1, 0.15) is 42.1 Å². The fraction of sp³-hybridized carbons (Fsp3) is 0.611. The molecule has 1 saturated heterocycles. The fourth-order valence-corrected chi connectivity index (χ4v) is 3.34. The minimum atomic E-state index is -1.87. The molecule has 1 aromatic carbocycles. The lowest BCUT2D eigenvalue weighted by Crippen LogP contribution is -2.60. The minimum Gasteiger partial charge on any atom is -0.461 e. The SMILES string of the molecule is CCCCC1(O)OC(=O)c2cccc(O[C@@H]3O[C@H](CO)[C@@H](O)[C@H](O)[C@H]3O)c21. The van der Waals surface area contributed by atoms with Crippen LogP contribution >= 0.6 is 0 Å². The van der Waals surface area contributed by atoms with Gasteiger partial charge in [0, 0.05) is 6.42 Å². The molecule has 0 saturated carbocycles. The van der Waals surface area contributed by atoms with Crippen LogP contribution in [0.3, 0.4) is 0 Å². The maximum atomic E-state index is 12.1. The number of hydrogen-bond donors (Lipinski definition) is 5. The molecule has 0 bridgehead atoms. The maximum absolute atomic E-state index is 12.1. The molecule has 2 heterocycles. The highest BCUT2D eigenvalue weighted by molar-refractivity contribution is 5.95. The number of aliphatic hydroxyl groups is 5. The minimum absolute atomic E-state index is 0.0429. The summed E-state index contributed by atoms with van der Waals surface area (Å²) in [5, 5.41) is 50.0. The third-order valence-electron chi connectivity index (χ3n) is 4.86. The smallest absolute Gasteiger partial charge is 0.341 e. The molecule has 9 nitrogen and oxygen atoms in total. The van der Waals surface area contributed by atoms with Gasteiger partial charge in [0.1, 0.15) is 30.2 Å². The number of aliphatic hydroxyl groups excluding tert-OH is 4. The zero-order valence-corrected chi connectivity index (χ0v) is 14.8. The summed E-state index contributed by atoms with van der Waals surface area (Å²) in [6, 6.07) is 4.48. The predicted octanol–water partition coefficient (Wildman–Crippen LogP) is -0.629. The van der Waals surface area contributed by atoms with E-state index in [-0.39, 0.29) is 23.3 Å². The van der Waals surface area contributed by atoms with Crippen molar-refractivity contribution in [3.8, 4) is 5.75 Å². The highest BCUT2D eigenvalue weighted by Gasteiger charge is 2.48. The number of benzene rings is 1. The summed E-state index contributed by atoms with van der Waals surface area (Å²) in [7, 11) is 0. The largest absolute Gasteiger partial charge is 0.461 e. The fourth-order valence-electron chi connectivity index (χ4n) is 3.34. The second kappa shape index (κ2) is 7.70. The van der Waals surface area contributed by atoms with Gasteiger partial charge in [0.15, 0.2) is 0 Å². The molecule has 5 N–H and O–H groups in total. The van der Waals surface area contributed by atoms with E-state index in [1.165, 1.54) is 18.2 Å². The van der Waals surface area contributed by atoms with Gasteiger partial charge in [-0.15, -0.1) is 0 Å². The molecule has 2 aliphatic heterocycles. The Balaban J connectivity index is 1.92. The van der Waals surface area contributed by atoms with Crippen LogP contribution in [0.25, 0.3) is 0 Å². The summed E-state index contributed by atoms with van der Waals surface area (Å²) in [6.45, 7) is 1.33. The molecule has 150 valence electrons. The Morgan fingerprint density at radius 1 is 1.19 bits per heavy atom. The van der Waals surface area contributed by atoms with E-state index < -0.39 is 49.1 Å². The molecular weight excluding hydrogens is 360 g/mol. The van der Waals surface area contributed by atoms with E-state index in [1.54, 1.807) is 0 Å². The molecule has 0 radical (unpaired) electrons. The molecule has 3 rings (SSSR count). The van der Waals surface area contributed by atoms with Crippen LogP contribution in [0.15, 0.2) is 18.2 Å². The van der Waals surface area contributed by atoms with Gasteiger partial charge < -0.3 is 39.7 Å². The van der Waals surface area contributed by atoms with E-state index in [1.807, 2.05) is 6.92 Å². The summed E-state index contributed by atoms with van der Waals surface area (Å²) in [4.78, 5) is 12.1. The first-order chi connectivity index (χ1) is 12.8. The van der Waals surface area contributed by atoms with E-state index in [0.717, 1.165) is 6.42 Å². The third kappa shape index (κ3) is 3.54. The first-order valence-corrected chi connectivity index (χ1v) is 8.88. The van der Waals surface area contributed by atoms with Crippen molar-refractivity contribution in [2.45, 2.75) is 62.7 Å². The van der Waals surface area contributed by atoms with E-state index in [9.17, 15) is 30.3 Å². The van der Waals surface area contributed by atoms with Crippen LogP contribution in [0.4, 0.5) is 0 Å². The first kappa shape index (κ1) is 20.0. The summed E-state index contributed by atoms with van der Waals surface area (Å²) in [6.07, 6.45) is -5.77. The van der Waals surface area contributed by atoms with Gasteiger partial charge in [0.25, 0.3) is 0 Å². The maximum Gasteiger partial charge on any atom is 0.341 e. The quantitative estimate of drug-likeness (QED) is 0.405. The lowest BCUT2D eigenvalue weighted by molar-refractivity contribution is -0.278. The molecule has 1 aromatic rings. The van der Waals surface area contributed by atoms with Crippen molar-refractivity contribution in [2.75, 3.05) is 6.61 Å². The van der Waals surface area contributed by atoms with Crippen molar-refractivity contribution in [1.82, 2.24) is 0 Å².